The van der Waals surface area contributed by atoms with E-state index in [0.717, 1.165) is 50.7 Å². The Balaban J connectivity index is 1.25. The number of carbonyl (C=O) groups is 1. The quantitative estimate of drug-likeness (QED) is 0.446. The number of anilines is 3. The van der Waals surface area contributed by atoms with E-state index in [9.17, 15) is 18.0 Å². The van der Waals surface area contributed by atoms with Crippen molar-refractivity contribution in [3.05, 3.63) is 59.7 Å². The molecule has 0 bridgehead atoms. The molecule has 8 nitrogen and oxygen atoms in total. The Morgan fingerprint density at radius 1 is 1.00 bits per heavy atom. The molecule has 1 atom stereocenters. The number of hydrogen-bond donors (Lipinski definition) is 0. The number of Topliss-reactive ketones (excluding diaryl/α,β-unsaturated/α-hetero) is 1. The Morgan fingerprint density at radius 3 is 2.32 bits per heavy atom. The number of ketones is 1. The fourth-order valence-electron chi connectivity index (χ4n) is 4.87. The minimum Gasteiger partial charge on any atom is -0.420 e. The zero-order valence-corrected chi connectivity index (χ0v) is 20.6. The van der Waals surface area contributed by atoms with E-state index in [-0.39, 0.29) is 12.4 Å². The van der Waals surface area contributed by atoms with Crippen LogP contribution in [0.25, 0.3) is 0 Å². The molecule has 3 aromatic heterocycles. The van der Waals surface area contributed by atoms with Crippen LogP contribution < -0.4 is 14.7 Å². The molecular formula is C26H29F3N6O2. The van der Waals surface area contributed by atoms with Gasteiger partial charge in [0.15, 0.2) is 5.69 Å². The topological polar surface area (TPSA) is 78.6 Å². The summed E-state index contributed by atoms with van der Waals surface area (Å²) in [6.45, 7) is 6.23. The van der Waals surface area contributed by atoms with Crippen molar-refractivity contribution in [1.29, 1.82) is 0 Å². The monoisotopic (exact) mass is 514 g/mol. The second-order valence-corrected chi connectivity index (χ2v) is 9.65. The fraction of sp³-hybridized carbons (Fsp3) is 0.462. The first-order chi connectivity index (χ1) is 17.8. The molecule has 0 radical (unpaired) electrons. The summed E-state index contributed by atoms with van der Waals surface area (Å²) in [6.07, 6.45) is 0.106. The smallest absolute Gasteiger partial charge is 0.420 e. The van der Waals surface area contributed by atoms with E-state index in [4.69, 9.17) is 4.42 Å². The molecule has 0 N–H and O–H groups in total. The Kier molecular flexibility index (Phi) is 7.03. The van der Waals surface area contributed by atoms with Crippen LogP contribution in [0.2, 0.25) is 0 Å². The van der Waals surface area contributed by atoms with E-state index in [0.29, 0.717) is 24.6 Å². The zero-order chi connectivity index (χ0) is 26.0. The van der Waals surface area contributed by atoms with E-state index in [2.05, 4.69) is 24.8 Å². The molecule has 196 valence electrons. The maximum atomic E-state index is 13.7. The van der Waals surface area contributed by atoms with Crippen LogP contribution in [0.4, 0.5) is 30.8 Å². The van der Waals surface area contributed by atoms with Crippen molar-refractivity contribution >= 4 is 23.4 Å². The average Bonchev–Trinajstić information content (AvgIpc) is 3.37. The van der Waals surface area contributed by atoms with Crippen molar-refractivity contribution in [3.63, 3.8) is 0 Å². The molecule has 0 aliphatic carbocycles. The molecule has 3 aromatic rings. The highest BCUT2D eigenvalue weighted by Gasteiger charge is 2.42. The zero-order valence-electron chi connectivity index (χ0n) is 20.6. The Labute approximate surface area is 213 Å². The van der Waals surface area contributed by atoms with Crippen LogP contribution in [0.1, 0.15) is 41.6 Å². The number of alkyl halides is 3. The highest BCUT2D eigenvalue weighted by atomic mass is 19.4. The van der Waals surface area contributed by atoms with Gasteiger partial charge in [0.25, 0.3) is 6.01 Å². The van der Waals surface area contributed by atoms with Crippen LogP contribution in [0.5, 0.6) is 0 Å². The lowest BCUT2D eigenvalue weighted by Crippen LogP contribution is -2.47. The lowest BCUT2D eigenvalue weighted by atomic mass is 10.0. The Morgan fingerprint density at radius 2 is 1.73 bits per heavy atom. The van der Waals surface area contributed by atoms with Crippen molar-refractivity contribution in [3.8, 4) is 0 Å². The maximum absolute atomic E-state index is 13.7. The van der Waals surface area contributed by atoms with Crippen LogP contribution in [-0.4, -0.2) is 60.0 Å². The third-order valence-electron chi connectivity index (χ3n) is 6.82. The van der Waals surface area contributed by atoms with Crippen LogP contribution in [0, 0.1) is 5.92 Å². The number of nitrogens with zero attached hydrogens (tertiary/aromatic N) is 6. The number of pyridine rings is 2. The molecule has 2 aliphatic heterocycles. The molecule has 37 heavy (non-hydrogen) atoms. The van der Waals surface area contributed by atoms with Gasteiger partial charge in [-0.3, -0.25) is 4.79 Å². The van der Waals surface area contributed by atoms with E-state index in [1.807, 2.05) is 25.1 Å². The summed E-state index contributed by atoms with van der Waals surface area (Å²) in [5.74, 6) is 0.503. The second-order valence-electron chi connectivity index (χ2n) is 9.65. The molecule has 11 heteroatoms. The van der Waals surface area contributed by atoms with E-state index in [1.54, 1.807) is 23.2 Å². The molecule has 2 aliphatic rings. The molecule has 2 saturated heterocycles. The van der Waals surface area contributed by atoms with Gasteiger partial charge in [0.2, 0.25) is 11.5 Å². The first-order valence-electron chi connectivity index (χ1n) is 12.5. The van der Waals surface area contributed by atoms with Gasteiger partial charge >= 0.3 is 6.18 Å². The van der Waals surface area contributed by atoms with Gasteiger partial charge in [0.05, 0.1) is 0 Å². The van der Waals surface area contributed by atoms with Gasteiger partial charge in [-0.25, -0.2) is 9.97 Å². The summed E-state index contributed by atoms with van der Waals surface area (Å²) < 4.78 is 46.5. The molecule has 0 aromatic carbocycles. The van der Waals surface area contributed by atoms with Crippen molar-refractivity contribution in [2.75, 3.05) is 54.0 Å². The van der Waals surface area contributed by atoms with Gasteiger partial charge < -0.3 is 19.1 Å². The predicted octanol–water partition coefficient (Wildman–Crippen LogP) is 4.47. The number of carbonyl (C=O) groups excluding carboxylic acids is 1. The SMILES string of the molecule is CC1CCCN(c2nc(C(F)(F)F)c(C(=O)Cc3ccc(N4CCN(c5ccccn5)CC4)nc3)o2)C1. The Bertz CT molecular complexity index is 1210. The van der Waals surface area contributed by atoms with E-state index >= 15 is 0 Å². The number of rotatable bonds is 6. The predicted molar refractivity (Wildman–Crippen MR) is 133 cm³/mol. The van der Waals surface area contributed by atoms with E-state index in [1.165, 1.54) is 6.20 Å². The maximum Gasteiger partial charge on any atom is 0.437 e. The number of piperidine rings is 1. The minimum absolute atomic E-state index is 0.138. The summed E-state index contributed by atoms with van der Waals surface area (Å²) in [5.41, 5.74) is -0.750. The molecule has 0 saturated carbocycles. The number of hydrogen-bond acceptors (Lipinski definition) is 8. The summed E-state index contributed by atoms with van der Waals surface area (Å²) in [4.78, 5) is 31.5. The number of oxazole rings is 1. The molecule has 5 heterocycles. The standard InChI is InChI=1S/C26H29F3N6O2/c1-18-5-4-10-35(17-18)25-32-24(26(27,28)29)23(37-25)20(36)15-19-7-8-22(31-16-19)34-13-11-33(12-14-34)21-6-2-3-9-30-21/h2-3,6-9,16,18H,4-5,10-15,17H2,1H3. The highest BCUT2D eigenvalue weighted by Crippen LogP contribution is 2.35. The van der Waals surface area contributed by atoms with Gasteiger partial charge in [-0.2, -0.15) is 18.2 Å². The van der Waals surface area contributed by atoms with Gasteiger partial charge in [-0.15, -0.1) is 0 Å². The van der Waals surface area contributed by atoms with Crippen LogP contribution in [-0.2, 0) is 12.6 Å². The number of halogens is 3. The van der Waals surface area contributed by atoms with Crippen molar-refractivity contribution < 1.29 is 22.4 Å². The van der Waals surface area contributed by atoms with Crippen LogP contribution in [0.3, 0.4) is 0 Å². The second kappa shape index (κ2) is 10.4. The number of aromatic nitrogens is 3. The lowest BCUT2D eigenvalue weighted by Gasteiger charge is -2.36. The summed E-state index contributed by atoms with van der Waals surface area (Å²) >= 11 is 0. The van der Waals surface area contributed by atoms with Gasteiger partial charge in [0.1, 0.15) is 11.6 Å². The summed E-state index contributed by atoms with van der Waals surface area (Å²) in [6, 6.07) is 9.21. The minimum atomic E-state index is -4.78. The summed E-state index contributed by atoms with van der Waals surface area (Å²) in [7, 11) is 0. The molecule has 0 amide bonds. The normalized spacial score (nSPS) is 18.8. The van der Waals surface area contributed by atoms with Crippen LogP contribution >= 0.6 is 0 Å². The first-order valence-corrected chi connectivity index (χ1v) is 12.5. The molecular weight excluding hydrogens is 485 g/mol. The van der Waals surface area contributed by atoms with Crippen molar-refractivity contribution in [1.82, 2.24) is 15.0 Å². The van der Waals surface area contributed by atoms with Crippen LogP contribution in [0.15, 0.2) is 47.1 Å². The molecule has 1 unspecified atom stereocenters. The molecule has 0 spiro atoms. The highest BCUT2D eigenvalue weighted by molar-refractivity contribution is 5.96. The van der Waals surface area contributed by atoms with Gasteiger partial charge in [0, 0.05) is 58.1 Å². The summed E-state index contributed by atoms with van der Waals surface area (Å²) in [5, 5.41) is 0. The van der Waals surface area contributed by atoms with Crippen molar-refractivity contribution in [2.45, 2.75) is 32.4 Å². The molecule has 5 rings (SSSR count). The first kappa shape index (κ1) is 25.0. The molecule has 2 fully saturated rings. The lowest BCUT2D eigenvalue weighted by molar-refractivity contribution is -0.141. The third kappa shape index (κ3) is 5.70. The number of piperazine rings is 1. The van der Waals surface area contributed by atoms with Gasteiger partial charge in [-0.1, -0.05) is 19.1 Å². The van der Waals surface area contributed by atoms with Gasteiger partial charge in [-0.05, 0) is 42.5 Å². The Hall–Kier alpha value is -3.63. The largest absolute Gasteiger partial charge is 0.437 e. The van der Waals surface area contributed by atoms with Crippen molar-refractivity contribution in [2.24, 2.45) is 5.92 Å². The third-order valence-corrected chi connectivity index (χ3v) is 6.82. The van der Waals surface area contributed by atoms with E-state index < -0.39 is 23.4 Å². The fourth-order valence-corrected chi connectivity index (χ4v) is 4.87. The average molecular weight is 515 g/mol.